The molecule has 0 saturated heterocycles. The number of hydrogen-bond acceptors (Lipinski definition) is 1. The van der Waals surface area contributed by atoms with Crippen LogP contribution < -0.4 is 56.5 Å². The van der Waals surface area contributed by atoms with E-state index in [4.69, 9.17) is 0 Å². The number of alkyl halides is 1. The minimum Gasteiger partial charge on any atom is -0.840 e. The average molecular weight is 267 g/mol. The van der Waals surface area contributed by atoms with Gasteiger partial charge in [-0.25, -0.2) is 0 Å². The van der Waals surface area contributed by atoms with E-state index < -0.39 is 5.01 Å². The Balaban J connectivity index is 0.00000144. The summed E-state index contributed by atoms with van der Waals surface area (Å²) in [6.07, 6.45) is 0. The number of hydrogen-bond donors (Lipinski definition) is 0. The van der Waals surface area contributed by atoms with Crippen molar-refractivity contribution >= 4 is 15.9 Å². The third-order valence-corrected chi connectivity index (χ3v) is 2.39. The first-order valence-electron chi connectivity index (χ1n) is 4.01. The van der Waals surface area contributed by atoms with Crippen LogP contribution in [0.15, 0.2) is 24.3 Å². The predicted octanol–water partition coefficient (Wildman–Crippen LogP) is -0.432. The van der Waals surface area contributed by atoms with Gasteiger partial charge in [-0.1, -0.05) is 43.7 Å². The molecule has 0 aliphatic rings. The Bertz CT molecular complexity index is 217. The summed E-state index contributed by atoms with van der Waals surface area (Å²) in [6, 6.07) is 7.77. The van der Waals surface area contributed by atoms with Crippen molar-refractivity contribution in [1.29, 1.82) is 0 Å². The second kappa shape index (κ2) is 6.72. The molecular formula is C10H12BrKO. The minimum absolute atomic E-state index is 0. The van der Waals surface area contributed by atoms with Gasteiger partial charge in [-0.3, -0.25) is 0 Å². The Morgan fingerprint density at radius 3 is 1.77 bits per heavy atom. The molecule has 1 atom stereocenters. The van der Waals surface area contributed by atoms with Gasteiger partial charge in [0.25, 0.3) is 0 Å². The van der Waals surface area contributed by atoms with Gasteiger partial charge in [0.1, 0.15) is 0 Å². The fourth-order valence-electron chi connectivity index (χ4n) is 1.03. The van der Waals surface area contributed by atoms with Crippen LogP contribution in [-0.4, -0.2) is 0 Å². The van der Waals surface area contributed by atoms with Gasteiger partial charge in [-0.15, -0.1) is 15.9 Å². The van der Waals surface area contributed by atoms with Gasteiger partial charge in [0, 0.05) is 0 Å². The van der Waals surface area contributed by atoms with Crippen LogP contribution in [-0.2, 0) is 0 Å². The summed E-state index contributed by atoms with van der Waals surface area (Å²) < 4.78 is 0. The first-order chi connectivity index (χ1) is 5.61. The van der Waals surface area contributed by atoms with Crippen molar-refractivity contribution in [2.75, 3.05) is 0 Å². The van der Waals surface area contributed by atoms with E-state index in [0.29, 0.717) is 5.92 Å². The van der Waals surface area contributed by atoms with Crippen molar-refractivity contribution in [2.45, 2.75) is 24.8 Å². The quantitative estimate of drug-likeness (QED) is 0.526. The van der Waals surface area contributed by atoms with E-state index >= 15 is 0 Å². The summed E-state index contributed by atoms with van der Waals surface area (Å²) in [5.41, 5.74) is 2.06. The molecule has 0 aliphatic heterocycles. The van der Waals surface area contributed by atoms with E-state index in [0.717, 1.165) is 5.56 Å². The number of rotatable bonds is 2. The molecule has 0 fully saturated rings. The summed E-state index contributed by atoms with van der Waals surface area (Å²) in [4.78, 5) is 0. The maximum absolute atomic E-state index is 10.9. The fraction of sp³-hybridized carbons (Fsp3) is 0.400. The van der Waals surface area contributed by atoms with Crippen LogP contribution in [0.3, 0.4) is 0 Å². The molecule has 3 heteroatoms. The van der Waals surface area contributed by atoms with Crippen LogP contribution >= 0.6 is 15.9 Å². The van der Waals surface area contributed by atoms with E-state index in [1.54, 1.807) is 0 Å². The molecule has 0 radical (unpaired) electrons. The van der Waals surface area contributed by atoms with Crippen molar-refractivity contribution in [3.8, 4) is 0 Å². The van der Waals surface area contributed by atoms with Gasteiger partial charge < -0.3 is 5.11 Å². The van der Waals surface area contributed by atoms with Crippen molar-refractivity contribution < 1.29 is 56.5 Å². The maximum Gasteiger partial charge on any atom is 1.00 e. The van der Waals surface area contributed by atoms with E-state index in [1.807, 2.05) is 24.3 Å². The van der Waals surface area contributed by atoms with E-state index in [-0.39, 0.29) is 51.4 Å². The Hall–Kier alpha value is 1.30. The van der Waals surface area contributed by atoms with Gasteiger partial charge in [-0.05, 0) is 16.5 Å². The molecule has 0 heterocycles. The zero-order valence-corrected chi connectivity index (χ0v) is 13.0. The van der Waals surface area contributed by atoms with Crippen LogP contribution in [0.5, 0.6) is 0 Å². The zero-order valence-electron chi connectivity index (χ0n) is 8.25. The fourth-order valence-corrected chi connectivity index (χ4v) is 1.34. The molecule has 0 N–H and O–H groups in total. The summed E-state index contributed by atoms with van der Waals surface area (Å²) in [7, 11) is 0. The van der Waals surface area contributed by atoms with Crippen molar-refractivity contribution in [1.82, 2.24) is 0 Å². The molecule has 0 amide bonds. The molecule has 1 rings (SSSR count). The minimum atomic E-state index is -0.793. The Morgan fingerprint density at radius 1 is 1.08 bits per heavy atom. The van der Waals surface area contributed by atoms with E-state index in [1.165, 1.54) is 5.56 Å². The molecule has 13 heavy (non-hydrogen) atoms. The van der Waals surface area contributed by atoms with Crippen molar-refractivity contribution in [3.63, 3.8) is 0 Å². The van der Waals surface area contributed by atoms with Gasteiger partial charge >= 0.3 is 51.4 Å². The predicted molar refractivity (Wildman–Crippen MR) is 52.2 cm³/mol. The standard InChI is InChI=1S/C10H12BrO.K/c1-7(2)8-3-5-9(6-4-8)10(11)12;/h3-7,10H,1-2H3;/q-1;+1. The topological polar surface area (TPSA) is 23.1 Å². The third kappa shape index (κ3) is 4.56. The van der Waals surface area contributed by atoms with E-state index in [2.05, 4.69) is 29.8 Å². The summed E-state index contributed by atoms with van der Waals surface area (Å²) in [6.45, 7) is 4.27. The third-order valence-electron chi connectivity index (χ3n) is 1.87. The van der Waals surface area contributed by atoms with Crippen LogP contribution in [0.2, 0.25) is 0 Å². The second-order valence-corrected chi connectivity index (χ2v) is 3.97. The average Bonchev–Trinajstić information content (AvgIpc) is 2.04. The van der Waals surface area contributed by atoms with E-state index in [9.17, 15) is 5.11 Å². The van der Waals surface area contributed by atoms with Gasteiger partial charge in [0.05, 0.1) is 0 Å². The smallest absolute Gasteiger partial charge is 0.840 e. The normalized spacial score (nSPS) is 12.4. The second-order valence-electron chi connectivity index (χ2n) is 3.14. The molecule has 1 nitrogen and oxygen atoms in total. The molecule has 66 valence electrons. The Morgan fingerprint density at radius 2 is 1.46 bits per heavy atom. The molecule has 0 spiro atoms. The SMILES string of the molecule is CC(C)c1ccc(C([O-])Br)cc1.[K+]. The largest absolute Gasteiger partial charge is 1.00 e. The Kier molecular flexibility index (Phi) is 7.39. The summed E-state index contributed by atoms with van der Waals surface area (Å²) in [5, 5.41) is 10.1. The number of benzene rings is 1. The summed E-state index contributed by atoms with van der Waals surface area (Å²) in [5.74, 6) is 0.527. The first kappa shape index (κ1) is 14.3. The van der Waals surface area contributed by atoms with Crippen LogP contribution in [0.4, 0.5) is 0 Å². The van der Waals surface area contributed by atoms with Crippen LogP contribution in [0.1, 0.15) is 35.9 Å². The summed E-state index contributed by atoms with van der Waals surface area (Å²) >= 11 is 2.99. The van der Waals surface area contributed by atoms with Gasteiger partial charge in [0.15, 0.2) is 0 Å². The van der Waals surface area contributed by atoms with Crippen molar-refractivity contribution in [2.24, 2.45) is 0 Å². The molecule has 0 bridgehead atoms. The zero-order chi connectivity index (χ0) is 9.14. The molecular weight excluding hydrogens is 255 g/mol. The maximum atomic E-state index is 10.9. The van der Waals surface area contributed by atoms with Crippen LogP contribution in [0, 0.1) is 0 Å². The molecule has 1 unspecified atom stereocenters. The van der Waals surface area contributed by atoms with Crippen molar-refractivity contribution in [3.05, 3.63) is 35.4 Å². The first-order valence-corrected chi connectivity index (χ1v) is 4.92. The molecule has 0 aromatic heterocycles. The molecule has 1 aromatic rings. The molecule has 0 aliphatic carbocycles. The monoisotopic (exact) mass is 266 g/mol. The number of halogens is 1. The molecule has 1 aromatic carbocycles. The Labute approximate surface area is 130 Å². The van der Waals surface area contributed by atoms with Gasteiger partial charge in [0.2, 0.25) is 0 Å². The molecule has 0 saturated carbocycles. The van der Waals surface area contributed by atoms with Gasteiger partial charge in [-0.2, -0.15) is 0 Å². The van der Waals surface area contributed by atoms with Crippen LogP contribution in [0.25, 0.3) is 0 Å².